The van der Waals surface area contributed by atoms with Crippen molar-refractivity contribution in [1.29, 1.82) is 0 Å². The molecule has 1 atom stereocenters. The summed E-state index contributed by atoms with van der Waals surface area (Å²) in [6, 6.07) is 3.00. The van der Waals surface area contributed by atoms with E-state index in [1.165, 1.54) is 40.1 Å². The molecule has 4 heterocycles. The van der Waals surface area contributed by atoms with Crippen LogP contribution in [0, 0.1) is 0 Å². The fraction of sp³-hybridized carbons (Fsp3) is 0.375. The maximum Gasteiger partial charge on any atom is 0.328 e. The van der Waals surface area contributed by atoms with Crippen molar-refractivity contribution < 1.29 is 19.8 Å². The molecular weight excluding hydrogens is 470 g/mol. The Kier molecular flexibility index (Phi) is 6.73. The van der Waals surface area contributed by atoms with Gasteiger partial charge in [0.2, 0.25) is 0 Å². The third kappa shape index (κ3) is 5.41. The Hall–Kier alpha value is -3.57. The van der Waals surface area contributed by atoms with Gasteiger partial charge in [-0.3, -0.25) is 19.3 Å². The molecule has 0 aliphatic carbocycles. The number of carbonyl (C=O) groups is 2. The number of amides is 1. The molecule has 1 saturated heterocycles. The molecule has 0 bridgehead atoms. The van der Waals surface area contributed by atoms with Crippen LogP contribution in [0.15, 0.2) is 34.6 Å². The fourth-order valence-corrected chi connectivity index (χ4v) is 4.75. The summed E-state index contributed by atoms with van der Waals surface area (Å²) in [4.78, 5) is 48.1. The maximum absolute atomic E-state index is 13.2. The standard InChI is InChI=1S/C24H27N5O5S/c1-24(2,3)17-13-35-23(25-17)27-21(33)14-8-10-29-18(11-14)26-20(28-9-4-5-15(30)12-28)16(22(29)34)6-7-19(31)32/h6-8,10-11,13,15,30H,4-5,9,12H2,1-3H3,(H,31,32)(H,25,27,33)/b7-6+. The maximum atomic E-state index is 13.2. The average molecular weight is 498 g/mol. The predicted octanol–water partition coefficient (Wildman–Crippen LogP) is 2.76. The fourth-order valence-electron chi connectivity index (χ4n) is 3.81. The van der Waals surface area contributed by atoms with Crippen molar-refractivity contribution >= 4 is 45.9 Å². The van der Waals surface area contributed by atoms with E-state index >= 15 is 0 Å². The smallest absolute Gasteiger partial charge is 0.328 e. The lowest BCUT2D eigenvalue weighted by atomic mass is 9.93. The van der Waals surface area contributed by atoms with Crippen molar-refractivity contribution in [3.63, 3.8) is 0 Å². The minimum Gasteiger partial charge on any atom is -0.478 e. The molecule has 0 spiro atoms. The first-order chi connectivity index (χ1) is 16.5. The van der Waals surface area contributed by atoms with Crippen molar-refractivity contribution in [1.82, 2.24) is 14.4 Å². The zero-order valence-corrected chi connectivity index (χ0v) is 20.5. The number of nitrogens with zero attached hydrogens (tertiary/aromatic N) is 4. The van der Waals surface area contributed by atoms with E-state index in [-0.39, 0.29) is 34.9 Å². The molecule has 1 aliphatic heterocycles. The average Bonchev–Trinajstić information content (AvgIpc) is 3.27. The summed E-state index contributed by atoms with van der Waals surface area (Å²) < 4.78 is 1.27. The number of carboxylic acid groups (broad SMARTS) is 1. The lowest BCUT2D eigenvalue weighted by molar-refractivity contribution is -0.131. The number of anilines is 2. The van der Waals surface area contributed by atoms with Crippen molar-refractivity contribution in [2.24, 2.45) is 0 Å². The Morgan fingerprint density at radius 3 is 2.71 bits per heavy atom. The number of hydrogen-bond acceptors (Lipinski definition) is 8. The summed E-state index contributed by atoms with van der Waals surface area (Å²) in [5.41, 5.74) is 0.902. The topological polar surface area (TPSA) is 137 Å². The summed E-state index contributed by atoms with van der Waals surface area (Å²) in [6.45, 7) is 6.96. The minimum atomic E-state index is -1.19. The number of aliphatic hydroxyl groups excluding tert-OH is 1. The van der Waals surface area contributed by atoms with E-state index in [4.69, 9.17) is 5.11 Å². The number of hydrogen-bond donors (Lipinski definition) is 3. The summed E-state index contributed by atoms with van der Waals surface area (Å²) >= 11 is 1.34. The summed E-state index contributed by atoms with van der Waals surface area (Å²) in [6.07, 6.45) is 4.31. The predicted molar refractivity (Wildman–Crippen MR) is 134 cm³/mol. The zero-order chi connectivity index (χ0) is 25.3. The highest BCUT2D eigenvalue weighted by Gasteiger charge is 2.24. The number of carboxylic acids is 1. The molecule has 0 radical (unpaired) electrons. The van der Waals surface area contributed by atoms with Gasteiger partial charge >= 0.3 is 5.97 Å². The van der Waals surface area contributed by atoms with Gasteiger partial charge < -0.3 is 15.1 Å². The monoisotopic (exact) mass is 497 g/mol. The molecule has 3 aromatic rings. The van der Waals surface area contributed by atoms with Crippen molar-refractivity contribution in [3.05, 3.63) is 57.0 Å². The zero-order valence-electron chi connectivity index (χ0n) is 19.7. The molecule has 0 saturated carbocycles. The van der Waals surface area contributed by atoms with Gasteiger partial charge in [0.25, 0.3) is 11.5 Å². The number of pyridine rings is 1. The van der Waals surface area contributed by atoms with E-state index in [1.54, 1.807) is 4.90 Å². The number of aliphatic hydroxyl groups is 1. The van der Waals surface area contributed by atoms with Crippen LogP contribution in [0.5, 0.6) is 0 Å². The van der Waals surface area contributed by atoms with E-state index in [1.807, 2.05) is 26.2 Å². The van der Waals surface area contributed by atoms with Gasteiger partial charge in [-0.05, 0) is 31.1 Å². The molecule has 11 heteroatoms. The molecule has 4 rings (SSSR count). The van der Waals surface area contributed by atoms with Crippen LogP contribution in [0.4, 0.5) is 10.9 Å². The molecular formula is C24H27N5O5S. The van der Waals surface area contributed by atoms with Crippen LogP contribution in [-0.2, 0) is 10.2 Å². The van der Waals surface area contributed by atoms with Gasteiger partial charge in [-0.1, -0.05) is 20.8 Å². The van der Waals surface area contributed by atoms with E-state index in [2.05, 4.69) is 15.3 Å². The second-order valence-electron chi connectivity index (χ2n) is 9.45. The number of aliphatic carboxylic acids is 1. The molecule has 10 nitrogen and oxygen atoms in total. The Balaban J connectivity index is 1.72. The minimum absolute atomic E-state index is 0.105. The van der Waals surface area contributed by atoms with Crippen LogP contribution in [-0.4, -0.2) is 55.7 Å². The lowest BCUT2D eigenvalue weighted by Crippen LogP contribution is -2.40. The van der Waals surface area contributed by atoms with Crippen LogP contribution in [0.25, 0.3) is 11.7 Å². The number of thiazole rings is 1. The Morgan fingerprint density at radius 2 is 2.06 bits per heavy atom. The van der Waals surface area contributed by atoms with Crippen LogP contribution in [0.2, 0.25) is 0 Å². The number of piperidine rings is 1. The van der Waals surface area contributed by atoms with E-state index < -0.39 is 17.6 Å². The Morgan fingerprint density at radius 1 is 1.29 bits per heavy atom. The number of rotatable bonds is 5. The normalized spacial score (nSPS) is 16.7. The molecule has 1 amide bonds. The molecule has 1 aliphatic rings. The Bertz CT molecular complexity index is 1370. The van der Waals surface area contributed by atoms with E-state index in [9.17, 15) is 19.5 Å². The highest BCUT2D eigenvalue weighted by atomic mass is 32.1. The summed E-state index contributed by atoms with van der Waals surface area (Å²) in [5.74, 6) is -1.30. The van der Waals surface area contributed by atoms with Crippen molar-refractivity contribution in [3.8, 4) is 0 Å². The van der Waals surface area contributed by atoms with Gasteiger partial charge in [0, 0.05) is 41.7 Å². The molecule has 0 aromatic carbocycles. The summed E-state index contributed by atoms with van der Waals surface area (Å²) in [7, 11) is 0. The highest BCUT2D eigenvalue weighted by molar-refractivity contribution is 7.14. The lowest BCUT2D eigenvalue weighted by Gasteiger charge is -2.32. The second kappa shape index (κ2) is 9.59. The molecule has 35 heavy (non-hydrogen) atoms. The SMILES string of the molecule is CC(C)(C)c1csc(NC(=O)c2ccn3c(=O)c(/C=C/C(=O)O)c(N4CCCC(O)C4)nc3c2)n1. The van der Waals surface area contributed by atoms with Crippen molar-refractivity contribution in [2.45, 2.75) is 45.1 Å². The van der Waals surface area contributed by atoms with E-state index in [0.717, 1.165) is 11.8 Å². The molecule has 1 fully saturated rings. The molecule has 3 aromatic heterocycles. The molecule has 1 unspecified atom stereocenters. The van der Waals surface area contributed by atoms with E-state index in [0.29, 0.717) is 30.1 Å². The Labute approximate surface area is 205 Å². The second-order valence-corrected chi connectivity index (χ2v) is 10.3. The summed E-state index contributed by atoms with van der Waals surface area (Å²) in [5, 5.41) is 24.4. The molecule has 3 N–H and O–H groups in total. The first-order valence-electron chi connectivity index (χ1n) is 11.2. The highest BCUT2D eigenvalue weighted by Crippen LogP contribution is 2.27. The first-order valence-corrected chi connectivity index (χ1v) is 12.1. The van der Waals surface area contributed by atoms with Crippen LogP contribution < -0.4 is 15.8 Å². The van der Waals surface area contributed by atoms with Gasteiger partial charge in [0.05, 0.1) is 17.4 Å². The number of carbonyl (C=O) groups excluding carboxylic acids is 1. The van der Waals surface area contributed by atoms with Gasteiger partial charge in [-0.2, -0.15) is 0 Å². The quantitative estimate of drug-likeness (QED) is 0.458. The first kappa shape index (κ1) is 24.6. The van der Waals surface area contributed by atoms with Crippen molar-refractivity contribution in [2.75, 3.05) is 23.3 Å². The number of fused-ring (bicyclic) bond motifs is 1. The van der Waals surface area contributed by atoms with Crippen LogP contribution >= 0.6 is 11.3 Å². The van der Waals surface area contributed by atoms with Gasteiger partial charge in [0.1, 0.15) is 11.5 Å². The third-order valence-electron chi connectivity index (χ3n) is 5.69. The largest absolute Gasteiger partial charge is 0.478 e. The van der Waals surface area contributed by atoms with Crippen LogP contribution in [0.3, 0.4) is 0 Å². The van der Waals surface area contributed by atoms with Gasteiger partial charge in [-0.25, -0.2) is 14.8 Å². The number of nitrogens with one attached hydrogen (secondary N) is 1. The number of β-amino-alcohol motifs (C(OH)–C–C–N with tert-alkyl or cyclic N) is 1. The van der Waals surface area contributed by atoms with Crippen LogP contribution in [0.1, 0.15) is 55.2 Å². The molecule has 184 valence electrons. The van der Waals surface area contributed by atoms with Gasteiger partial charge in [0.15, 0.2) is 5.13 Å². The van der Waals surface area contributed by atoms with Gasteiger partial charge in [-0.15, -0.1) is 11.3 Å². The third-order valence-corrected chi connectivity index (χ3v) is 6.45. The number of aromatic nitrogens is 3.